The van der Waals surface area contributed by atoms with Crippen LogP contribution in [0.15, 0.2) is 72.9 Å². The minimum atomic E-state index is -0.777. The largest absolute Gasteiger partial charge is 0.394 e. The van der Waals surface area contributed by atoms with E-state index in [-0.39, 0.29) is 18.5 Å². The Balaban J connectivity index is 1.33. The quantitative estimate of drug-likeness (QED) is 0.257. The molecule has 1 saturated heterocycles. The van der Waals surface area contributed by atoms with Crippen LogP contribution in [0.3, 0.4) is 0 Å². The first-order valence-corrected chi connectivity index (χ1v) is 12.8. The van der Waals surface area contributed by atoms with E-state index in [1.54, 1.807) is 4.90 Å². The molecule has 0 radical (unpaired) electrons. The number of benzene rings is 3. The molecule has 5 rings (SSSR count). The molecule has 2 unspecified atom stereocenters. The second-order valence-corrected chi connectivity index (χ2v) is 9.58. The number of aliphatic hydroxyl groups excluding tert-OH is 1. The van der Waals surface area contributed by atoms with Gasteiger partial charge in [0.05, 0.1) is 12.6 Å². The van der Waals surface area contributed by atoms with Crippen molar-refractivity contribution in [3.8, 4) is 0 Å². The Kier molecular flexibility index (Phi) is 7.67. The molecule has 8 nitrogen and oxygen atoms in total. The molecule has 3 aromatic carbocycles. The molecule has 8 heteroatoms. The monoisotopic (exact) mass is 499 g/mol. The Morgan fingerprint density at radius 1 is 0.919 bits per heavy atom. The lowest BCUT2D eigenvalue weighted by atomic mass is 10.0. The van der Waals surface area contributed by atoms with Crippen molar-refractivity contribution in [2.75, 3.05) is 32.8 Å². The van der Waals surface area contributed by atoms with Gasteiger partial charge < -0.3 is 30.9 Å². The molecule has 0 spiro atoms. The number of nitrogens with one attached hydrogen (secondary N) is 4. The molecule has 1 aliphatic rings. The summed E-state index contributed by atoms with van der Waals surface area (Å²) in [6.07, 6.45) is 2.73. The molecule has 1 aliphatic heterocycles. The van der Waals surface area contributed by atoms with E-state index in [4.69, 9.17) is 0 Å². The van der Waals surface area contributed by atoms with Crippen LogP contribution in [0.25, 0.3) is 21.7 Å². The minimum absolute atomic E-state index is 0.209. The summed E-state index contributed by atoms with van der Waals surface area (Å²) in [6.45, 7) is 2.43. The number of piperazine rings is 1. The van der Waals surface area contributed by atoms with E-state index >= 15 is 0 Å². The van der Waals surface area contributed by atoms with Gasteiger partial charge in [0, 0.05) is 49.7 Å². The summed E-state index contributed by atoms with van der Waals surface area (Å²) in [7, 11) is 0. The molecule has 1 aromatic heterocycles. The van der Waals surface area contributed by atoms with Crippen molar-refractivity contribution >= 4 is 33.6 Å². The number of hydrogen-bond donors (Lipinski definition) is 5. The van der Waals surface area contributed by atoms with E-state index in [1.165, 1.54) is 0 Å². The molecule has 5 N–H and O–H groups in total. The van der Waals surface area contributed by atoms with Crippen LogP contribution in [0.4, 0.5) is 4.79 Å². The van der Waals surface area contributed by atoms with Crippen LogP contribution < -0.4 is 16.0 Å². The highest BCUT2D eigenvalue weighted by molar-refractivity contribution is 5.88. The average Bonchev–Trinajstić information content (AvgIpc) is 3.35. The summed E-state index contributed by atoms with van der Waals surface area (Å²) >= 11 is 0. The fraction of sp³-hybridized carbons (Fsp3) is 0.310. The van der Waals surface area contributed by atoms with Crippen molar-refractivity contribution in [1.29, 1.82) is 0 Å². The summed E-state index contributed by atoms with van der Waals surface area (Å²) in [5, 5.41) is 22.5. The van der Waals surface area contributed by atoms with Gasteiger partial charge in [-0.1, -0.05) is 60.7 Å². The van der Waals surface area contributed by atoms with Gasteiger partial charge in [0.15, 0.2) is 0 Å². The van der Waals surface area contributed by atoms with Crippen molar-refractivity contribution in [2.45, 2.75) is 24.9 Å². The third-order valence-electron chi connectivity index (χ3n) is 6.98. The first-order valence-electron chi connectivity index (χ1n) is 12.8. The van der Waals surface area contributed by atoms with Gasteiger partial charge in [-0.05, 0) is 34.4 Å². The van der Waals surface area contributed by atoms with Crippen LogP contribution in [0, 0.1) is 0 Å². The van der Waals surface area contributed by atoms with Gasteiger partial charge in [0.2, 0.25) is 5.91 Å². The van der Waals surface area contributed by atoms with Gasteiger partial charge in [-0.25, -0.2) is 4.79 Å². The molecule has 2 heterocycles. The number of aromatic amines is 1. The molecule has 0 aliphatic carbocycles. The summed E-state index contributed by atoms with van der Waals surface area (Å²) < 4.78 is 0. The molecule has 1 fully saturated rings. The molecule has 37 heavy (non-hydrogen) atoms. The number of amides is 3. The van der Waals surface area contributed by atoms with Crippen LogP contribution in [0.2, 0.25) is 0 Å². The fourth-order valence-corrected chi connectivity index (χ4v) is 4.95. The molecule has 2 atom stereocenters. The van der Waals surface area contributed by atoms with Crippen LogP contribution in [-0.4, -0.2) is 71.8 Å². The van der Waals surface area contributed by atoms with Crippen molar-refractivity contribution in [2.24, 2.45) is 0 Å². The third kappa shape index (κ3) is 5.93. The Bertz CT molecular complexity index is 1380. The lowest BCUT2D eigenvalue weighted by molar-refractivity contribution is -0.124. The van der Waals surface area contributed by atoms with Gasteiger partial charge >= 0.3 is 6.03 Å². The van der Waals surface area contributed by atoms with E-state index in [0.717, 1.165) is 45.9 Å². The number of urea groups is 1. The zero-order chi connectivity index (χ0) is 25.6. The first kappa shape index (κ1) is 24.8. The first-order chi connectivity index (χ1) is 18.1. The Morgan fingerprint density at radius 3 is 2.49 bits per heavy atom. The second kappa shape index (κ2) is 11.5. The molecule has 0 saturated carbocycles. The fourth-order valence-electron chi connectivity index (χ4n) is 4.95. The smallest absolute Gasteiger partial charge is 0.318 e. The zero-order valence-electron chi connectivity index (χ0n) is 20.7. The summed E-state index contributed by atoms with van der Waals surface area (Å²) in [5.41, 5.74) is 2.99. The van der Waals surface area contributed by atoms with Crippen molar-refractivity contribution in [1.82, 2.24) is 25.8 Å². The van der Waals surface area contributed by atoms with E-state index in [1.807, 2.05) is 66.9 Å². The second-order valence-electron chi connectivity index (χ2n) is 9.58. The van der Waals surface area contributed by atoms with E-state index in [9.17, 15) is 14.7 Å². The minimum Gasteiger partial charge on any atom is -0.394 e. The Hall–Kier alpha value is -3.88. The van der Waals surface area contributed by atoms with E-state index in [0.29, 0.717) is 25.9 Å². The maximum atomic E-state index is 13.5. The van der Waals surface area contributed by atoms with Gasteiger partial charge in [0.1, 0.15) is 6.04 Å². The van der Waals surface area contributed by atoms with E-state index in [2.05, 4.69) is 27.0 Å². The highest BCUT2D eigenvalue weighted by Crippen LogP contribution is 2.20. The summed E-state index contributed by atoms with van der Waals surface area (Å²) in [6, 6.07) is 20.6. The molecule has 4 aromatic rings. The number of para-hydroxylation sites is 1. The topological polar surface area (TPSA) is 109 Å². The standard InChI is InChI=1S/C29H33N5O3/c35-19-24(17-23-18-31-26-8-4-3-7-25(23)26)32-28(36)27(33-29(37)34-13-11-30-12-14-34)16-20-9-10-21-5-1-2-6-22(21)15-20/h1-10,15,18,24,27,30-31,35H,11-14,16-17,19H2,(H,32,36)(H,33,37). The van der Waals surface area contributed by atoms with Crippen LogP contribution in [0.1, 0.15) is 11.1 Å². The SMILES string of the molecule is O=C(NC(CO)Cc1c[nH]c2ccccc12)C(Cc1ccc2ccccc2c1)NC(=O)N1CCNCC1. The predicted octanol–water partition coefficient (Wildman–Crippen LogP) is 2.57. The number of carbonyl (C=O) groups is 2. The highest BCUT2D eigenvalue weighted by atomic mass is 16.3. The number of aromatic nitrogens is 1. The Labute approximate surface area is 216 Å². The molecule has 3 amide bonds. The van der Waals surface area contributed by atoms with E-state index < -0.39 is 12.1 Å². The van der Waals surface area contributed by atoms with Crippen LogP contribution in [0.5, 0.6) is 0 Å². The number of aliphatic hydroxyl groups is 1. The number of fused-ring (bicyclic) bond motifs is 2. The van der Waals surface area contributed by atoms with Crippen molar-refractivity contribution < 1.29 is 14.7 Å². The summed E-state index contributed by atoms with van der Waals surface area (Å²) in [5.74, 6) is -0.310. The number of rotatable bonds is 8. The number of nitrogens with zero attached hydrogens (tertiary/aromatic N) is 1. The highest BCUT2D eigenvalue weighted by Gasteiger charge is 2.27. The normalized spacial score (nSPS) is 15.4. The van der Waals surface area contributed by atoms with Gasteiger partial charge in [0.25, 0.3) is 0 Å². The number of carbonyl (C=O) groups excluding carboxylic acids is 2. The molecular weight excluding hydrogens is 466 g/mol. The molecule has 0 bridgehead atoms. The predicted molar refractivity (Wildman–Crippen MR) is 145 cm³/mol. The maximum absolute atomic E-state index is 13.5. The molecule has 192 valence electrons. The van der Waals surface area contributed by atoms with Crippen LogP contribution in [-0.2, 0) is 17.6 Å². The number of H-pyrrole nitrogens is 1. The third-order valence-corrected chi connectivity index (χ3v) is 6.98. The van der Waals surface area contributed by atoms with Gasteiger partial charge in [-0.15, -0.1) is 0 Å². The number of hydrogen-bond acceptors (Lipinski definition) is 4. The van der Waals surface area contributed by atoms with Crippen LogP contribution >= 0.6 is 0 Å². The average molecular weight is 500 g/mol. The van der Waals surface area contributed by atoms with Crippen molar-refractivity contribution in [3.63, 3.8) is 0 Å². The Morgan fingerprint density at radius 2 is 1.68 bits per heavy atom. The van der Waals surface area contributed by atoms with Gasteiger partial charge in [-0.3, -0.25) is 4.79 Å². The maximum Gasteiger partial charge on any atom is 0.318 e. The lowest BCUT2D eigenvalue weighted by Crippen LogP contribution is -2.57. The lowest BCUT2D eigenvalue weighted by Gasteiger charge is -2.30. The summed E-state index contributed by atoms with van der Waals surface area (Å²) in [4.78, 5) is 31.5. The molecular formula is C29H33N5O3. The zero-order valence-corrected chi connectivity index (χ0v) is 20.7. The van der Waals surface area contributed by atoms with Gasteiger partial charge in [-0.2, -0.15) is 0 Å². The van der Waals surface area contributed by atoms with Crippen molar-refractivity contribution in [3.05, 3.63) is 84.1 Å².